The van der Waals surface area contributed by atoms with E-state index in [1.165, 1.54) is 0 Å². The number of hydrogen-bond acceptors (Lipinski definition) is 2. The Hall–Kier alpha value is -0.600. The molecule has 10 heavy (non-hydrogen) atoms. The largest absolute Gasteiger partial charge is 0.245 e. The van der Waals surface area contributed by atoms with Crippen molar-refractivity contribution in [2.24, 2.45) is 0 Å². The molecule has 0 unspecified atom stereocenters. The van der Waals surface area contributed by atoms with Crippen LogP contribution in [0.2, 0.25) is 5.02 Å². The minimum Gasteiger partial charge on any atom is -0.245 e. The number of aromatic nitrogens is 1. The Morgan fingerprint density at radius 2 is 2.30 bits per heavy atom. The number of fused-ring (bicyclic) bond motifs is 1. The maximum Gasteiger partial charge on any atom is 0.124 e. The van der Waals surface area contributed by atoms with E-state index in [0.29, 0.717) is 0 Å². The number of thiophene rings is 1. The van der Waals surface area contributed by atoms with E-state index < -0.39 is 0 Å². The first kappa shape index (κ1) is 6.13. The van der Waals surface area contributed by atoms with Gasteiger partial charge >= 0.3 is 0 Å². The highest BCUT2D eigenvalue weighted by atomic mass is 35.5. The summed E-state index contributed by atoms with van der Waals surface area (Å²) >= 11 is 7.47. The number of hydrogen-bond donors (Lipinski definition) is 0. The zero-order valence-corrected chi connectivity index (χ0v) is 6.62. The Labute approximate surface area is 67.3 Å². The molecule has 0 saturated carbocycles. The van der Waals surface area contributed by atoms with Crippen LogP contribution in [0.3, 0.4) is 0 Å². The second-order valence-corrected chi connectivity index (χ2v) is 3.23. The van der Waals surface area contributed by atoms with Crippen LogP contribution in [0.1, 0.15) is 0 Å². The van der Waals surface area contributed by atoms with Gasteiger partial charge in [0.25, 0.3) is 0 Å². The fourth-order valence-electron chi connectivity index (χ4n) is 0.843. The van der Waals surface area contributed by atoms with Crippen LogP contribution in [0.5, 0.6) is 0 Å². The molecular weight excluding hydrogens is 166 g/mol. The van der Waals surface area contributed by atoms with Crippen molar-refractivity contribution < 1.29 is 0 Å². The zero-order chi connectivity index (χ0) is 6.97. The van der Waals surface area contributed by atoms with Crippen LogP contribution in [0, 0.1) is 0 Å². The van der Waals surface area contributed by atoms with Gasteiger partial charge < -0.3 is 0 Å². The Morgan fingerprint density at radius 1 is 1.40 bits per heavy atom. The summed E-state index contributed by atoms with van der Waals surface area (Å²) in [6.07, 6.45) is 1.72. The van der Waals surface area contributed by atoms with Crippen LogP contribution < -0.4 is 0 Å². The monoisotopic (exact) mass is 169 g/mol. The molecule has 0 aromatic carbocycles. The molecule has 0 radical (unpaired) electrons. The van der Waals surface area contributed by atoms with Crippen molar-refractivity contribution in [2.45, 2.75) is 0 Å². The van der Waals surface area contributed by atoms with Crippen molar-refractivity contribution in [1.82, 2.24) is 4.98 Å². The van der Waals surface area contributed by atoms with Crippen LogP contribution in [0.15, 0.2) is 23.7 Å². The Balaban J connectivity index is 2.95. The number of pyridine rings is 1. The van der Waals surface area contributed by atoms with E-state index in [2.05, 4.69) is 4.98 Å². The normalized spacial score (nSPS) is 10.5. The van der Waals surface area contributed by atoms with E-state index in [-0.39, 0.29) is 0 Å². The van der Waals surface area contributed by atoms with Gasteiger partial charge in [-0.3, -0.25) is 0 Å². The molecule has 2 aromatic heterocycles. The molecule has 50 valence electrons. The van der Waals surface area contributed by atoms with Gasteiger partial charge in [-0.15, -0.1) is 11.3 Å². The number of rotatable bonds is 0. The first-order valence-electron chi connectivity index (χ1n) is 2.85. The number of nitrogens with zero attached hydrogens (tertiary/aromatic N) is 1. The predicted octanol–water partition coefficient (Wildman–Crippen LogP) is 2.95. The maximum absolute atomic E-state index is 5.87. The van der Waals surface area contributed by atoms with E-state index in [9.17, 15) is 0 Å². The van der Waals surface area contributed by atoms with Crippen molar-refractivity contribution in [3.63, 3.8) is 0 Å². The summed E-state index contributed by atoms with van der Waals surface area (Å²) in [5.41, 5.74) is 0. The molecule has 0 fully saturated rings. The molecule has 2 rings (SSSR count). The quantitative estimate of drug-likeness (QED) is 0.591. The van der Waals surface area contributed by atoms with Gasteiger partial charge in [-0.2, -0.15) is 0 Å². The predicted molar refractivity (Wildman–Crippen MR) is 44.6 cm³/mol. The molecule has 0 atom stereocenters. The molecule has 0 N–H and O–H groups in total. The minimum absolute atomic E-state index is 0.784. The second kappa shape index (κ2) is 2.22. The van der Waals surface area contributed by atoms with Gasteiger partial charge in [-0.25, -0.2) is 4.98 Å². The van der Waals surface area contributed by atoms with E-state index in [1.807, 2.05) is 11.4 Å². The van der Waals surface area contributed by atoms with E-state index >= 15 is 0 Å². The second-order valence-electron chi connectivity index (χ2n) is 1.93. The van der Waals surface area contributed by atoms with Gasteiger partial charge in [0.05, 0.1) is 5.02 Å². The molecular formula is C7H4ClNS. The summed E-state index contributed by atoms with van der Waals surface area (Å²) in [6.45, 7) is 0. The van der Waals surface area contributed by atoms with Gasteiger partial charge in [-0.1, -0.05) is 11.6 Å². The van der Waals surface area contributed by atoms with E-state index in [4.69, 9.17) is 11.6 Å². The summed E-state index contributed by atoms with van der Waals surface area (Å²) in [5, 5.41) is 3.82. The highest BCUT2D eigenvalue weighted by Crippen LogP contribution is 2.24. The van der Waals surface area contributed by atoms with Crippen LogP contribution in [0.4, 0.5) is 0 Å². The third kappa shape index (κ3) is 0.805. The Kier molecular flexibility index (Phi) is 1.36. The minimum atomic E-state index is 0.784. The Morgan fingerprint density at radius 3 is 3.10 bits per heavy atom. The fraction of sp³-hybridized carbons (Fsp3) is 0. The van der Waals surface area contributed by atoms with Crippen molar-refractivity contribution in [2.75, 3.05) is 0 Å². The van der Waals surface area contributed by atoms with Crippen LogP contribution in [0.25, 0.3) is 10.2 Å². The average molecular weight is 170 g/mol. The summed E-state index contributed by atoms with van der Waals surface area (Å²) < 4.78 is 0. The first-order valence-corrected chi connectivity index (χ1v) is 4.11. The molecule has 0 spiro atoms. The molecule has 0 aliphatic heterocycles. The Bertz CT molecular complexity index is 355. The highest BCUT2D eigenvalue weighted by Gasteiger charge is 1.97. The van der Waals surface area contributed by atoms with Crippen LogP contribution in [-0.4, -0.2) is 4.98 Å². The molecule has 3 heteroatoms. The fourth-order valence-corrected chi connectivity index (χ4v) is 1.87. The number of halogens is 1. The SMILES string of the molecule is Clc1ccnc2sccc12. The lowest BCUT2D eigenvalue weighted by Gasteiger charge is -1.88. The molecule has 2 heterocycles. The van der Waals surface area contributed by atoms with E-state index in [1.54, 1.807) is 23.6 Å². The van der Waals surface area contributed by atoms with Crippen molar-refractivity contribution in [3.05, 3.63) is 28.7 Å². The van der Waals surface area contributed by atoms with Crippen molar-refractivity contribution in [1.29, 1.82) is 0 Å². The highest BCUT2D eigenvalue weighted by molar-refractivity contribution is 7.16. The summed E-state index contributed by atoms with van der Waals surface area (Å²) in [4.78, 5) is 5.14. The topological polar surface area (TPSA) is 12.9 Å². The van der Waals surface area contributed by atoms with Gasteiger partial charge in [-0.05, 0) is 17.5 Å². The molecule has 0 bridgehead atoms. The van der Waals surface area contributed by atoms with Gasteiger partial charge in [0.2, 0.25) is 0 Å². The summed E-state index contributed by atoms with van der Waals surface area (Å²) in [5.74, 6) is 0. The lowest BCUT2D eigenvalue weighted by Crippen LogP contribution is -1.69. The van der Waals surface area contributed by atoms with Gasteiger partial charge in [0, 0.05) is 11.6 Å². The molecule has 0 amide bonds. The average Bonchev–Trinajstić information content (AvgIpc) is 2.36. The summed E-state index contributed by atoms with van der Waals surface area (Å²) in [7, 11) is 0. The standard InChI is InChI=1S/C7H4ClNS/c8-6-1-3-9-7-5(6)2-4-10-7/h1-4H. The van der Waals surface area contributed by atoms with Gasteiger partial charge in [0.1, 0.15) is 4.83 Å². The molecule has 0 saturated heterocycles. The smallest absolute Gasteiger partial charge is 0.124 e. The zero-order valence-electron chi connectivity index (χ0n) is 5.04. The van der Waals surface area contributed by atoms with Crippen LogP contribution >= 0.6 is 22.9 Å². The van der Waals surface area contributed by atoms with Gasteiger partial charge in [0.15, 0.2) is 0 Å². The third-order valence-corrected chi connectivity index (χ3v) is 2.47. The molecule has 2 aromatic rings. The first-order chi connectivity index (χ1) is 4.88. The van der Waals surface area contributed by atoms with Crippen LogP contribution in [-0.2, 0) is 0 Å². The molecule has 0 aliphatic carbocycles. The maximum atomic E-state index is 5.87. The summed E-state index contributed by atoms with van der Waals surface area (Å²) in [6, 6.07) is 3.78. The lowest BCUT2D eigenvalue weighted by molar-refractivity contribution is 1.45. The lowest BCUT2D eigenvalue weighted by atomic mass is 10.3. The van der Waals surface area contributed by atoms with Crippen molar-refractivity contribution >= 4 is 33.2 Å². The third-order valence-electron chi connectivity index (χ3n) is 1.31. The molecule has 1 nitrogen and oxygen atoms in total. The molecule has 0 aliphatic rings. The van der Waals surface area contributed by atoms with Crippen molar-refractivity contribution in [3.8, 4) is 0 Å². The van der Waals surface area contributed by atoms with E-state index in [0.717, 1.165) is 15.2 Å².